The van der Waals surface area contributed by atoms with Crippen molar-refractivity contribution in [2.45, 2.75) is 34.2 Å². The largest absolute Gasteiger partial charge is 0.504 e. The summed E-state index contributed by atoms with van der Waals surface area (Å²) in [5.41, 5.74) is 1.27. The fourth-order valence-corrected chi connectivity index (χ4v) is 1.42. The maximum Gasteiger partial charge on any atom is 0.157 e. The SMILES string of the molecule is CC(CNCc1ccc(O)c(O)c1)C(C)(C)C. The molecule has 17 heavy (non-hydrogen) atoms. The van der Waals surface area contributed by atoms with Crippen LogP contribution in [0.1, 0.15) is 33.3 Å². The van der Waals surface area contributed by atoms with E-state index in [4.69, 9.17) is 0 Å². The Morgan fingerprint density at radius 1 is 1.18 bits per heavy atom. The highest BCUT2D eigenvalue weighted by atomic mass is 16.3. The van der Waals surface area contributed by atoms with Crippen LogP contribution in [-0.4, -0.2) is 16.8 Å². The van der Waals surface area contributed by atoms with Crippen LogP contribution in [0.25, 0.3) is 0 Å². The summed E-state index contributed by atoms with van der Waals surface area (Å²) < 4.78 is 0. The van der Waals surface area contributed by atoms with Crippen molar-refractivity contribution in [3.63, 3.8) is 0 Å². The van der Waals surface area contributed by atoms with Gasteiger partial charge in [0.2, 0.25) is 0 Å². The molecule has 0 saturated carbocycles. The molecule has 96 valence electrons. The van der Waals surface area contributed by atoms with Crippen molar-refractivity contribution >= 4 is 0 Å². The standard InChI is InChI=1S/C14H23NO2/c1-10(14(2,3)4)8-15-9-11-5-6-12(16)13(17)7-11/h5-7,10,15-17H,8-9H2,1-4H3. The summed E-state index contributed by atoms with van der Waals surface area (Å²) in [7, 11) is 0. The number of benzene rings is 1. The zero-order valence-electron chi connectivity index (χ0n) is 11.1. The quantitative estimate of drug-likeness (QED) is 0.706. The van der Waals surface area contributed by atoms with Gasteiger partial charge in [0.25, 0.3) is 0 Å². The first-order chi connectivity index (χ1) is 7.80. The molecule has 0 aliphatic heterocycles. The Bertz CT molecular complexity index is 369. The van der Waals surface area contributed by atoms with Gasteiger partial charge >= 0.3 is 0 Å². The molecule has 0 amide bonds. The first kappa shape index (κ1) is 13.8. The van der Waals surface area contributed by atoms with Gasteiger partial charge in [0.1, 0.15) is 0 Å². The first-order valence-corrected chi connectivity index (χ1v) is 6.02. The molecule has 1 aromatic carbocycles. The summed E-state index contributed by atoms with van der Waals surface area (Å²) in [4.78, 5) is 0. The predicted octanol–water partition coefficient (Wildman–Crippen LogP) is 2.87. The maximum atomic E-state index is 9.36. The van der Waals surface area contributed by atoms with Crippen LogP contribution in [0.15, 0.2) is 18.2 Å². The van der Waals surface area contributed by atoms with Gasteiger partial charge < -0.3 is 15.5 Å². The summed E-state index contributed by atoms with van der Waals surface area (Å²) in [6.45, 7) is 10.5. The van der Waals surface area contributed by atoms with Gasteiger partial charge in [-0.3, -0.25) is 0 Å². The van der Waals surface area contributed by atoms with Gasteiger partial charge in [-0.1, -0.05) is 33.8 Å². The lowest BCUT2D eigenvalue weighted by molar-refractivity contribution is 0.252. The summed E-state index contributed by atoms with van der Waals surface area (Å²) in [5.74, 6) is 0.443. The molecule has 0 aliphatic rings. The Labute approximate surface area is 103 Å². The molecule has 3 heteroatoms. The molecule has 0 radical (unpaired) electrons. The minimum absolute atomic E-state index is 0.0619. The second-order valence-electron chi connectivity index (χ2n) is 5.72. The monoisotopic (exact) mass is 237 g/mol. The van der Waals surface area contributed by atoms with E-state index in [9.17, 15) is 10.2 Å². The molecule has 0 heterocycles. The van der Waals surface area contributed by atoms with Gasteiger partial charge in [-0.05, 0) is 35.6 Å². The van der Waals surface area contributed by atoms with Gasteiger partial charge in [0, 0.05) is 6.54 Å². The zero-order chi connectivity index (χ0) is 13.1. The van der Waals surface area contributed by atoms with Crippen LogP contribution in [0.4, 0.5) is 0 Å². The highest BCUT2D eigenvalue weighted by Gasteiger charge is 2.19. The van der Waals surface area contributed by atoms with E-state index in [0.717, 1.165) is 12.1 Å². The van der Waals surface area contributed by atoms with Crippen LogP contribution >= 0.6 is 0 Å². The third kappa shape index (κ3) is 4.27. The Hall–Kier alpha value is -1.22. The molecule has 1 rings (SSSR count). The van der Waals surface area contributed by atoms with Gasteiger partial charge in [0.05, 0.1) is 0 Å². The predicted molar refractivity (Wildman–Crippen MR) is 70.1 cm³/mol. The van der Waals surface area contributed by atoms with E-state index < -0.39 is 0 Å². The Balaban J connectivity index is 2.44. The van der Waals surface area contributed by atoms with Gasteiger partial charge in [0.15, 0.2) is 11.5 Å². The van der Waals surface area contributed by atoms with Gasteiger partial charge in [-0.2, -0.15) is 0 Å². The van der Waals surface area contributed by atoms with Crippen LogP contribution in [0.5, 0.6) is 11.5 Å². The topological polar surface area (TPSA) is 52.5 Å². The van der Waals surface area contributed by atoms with Crippen molar-refractivity contribution < 1.29 is 10.2 Å². The molecule has 3 nitrogen and oxygen atoms in total. The van der Waals surface area contributed by atoms with E-state index in [1.807, 2.05) is 6.07 Å². The Morgan fingerprint density at radius 2 is 1.82 bits per heavy atom. The van der Waals surface area contributed by atoms with Crippen LogP contribution in [0.2, 0.25) is 0 Å². The molecule has 3 N–H and O–H groups in total. The van der Waals surface area contributed by atoms with Crippen molar-refractivity contribution in [2.75, 3.05) is 6.54 Å². The van der Waals surface area contributed by atoms with Crippen molar-refractivity contribution in [1.82, 2.24) is 5.32 Å². The Morgan fingerprint density at radius 3 is 2.35 bits per heavy atom. The summed E-state index contributed by atoms with van der Waals surface area (Å²) in [6, 6.07) is 4.91. The lowest BCUT2D eigenvalue weighted by atomic mass is 9.82. The van der Waals surface area contributed by atoms with Crippen molar-refractivity contribution in [3.05, 3.63) is 23.8 Å². The third-order valence-corrected chi connectivity index (χ3v) is 3.30. The van der Waals surface area contributed by atoms with Crippen LogP contribution in [0, 0.1) is 11.3 Å². The van der Waals surface area contributed by atoms with Crippen LogP contribution in [0.3, 0.4) is 0 Å². The molecule has 1 unspecified atom stereocenters. The molecular formula is C14H23NO2. The molecule has 0 saturated heterocycles. The van der Waals surface area contributed by atoms with Crippen LogP contribution < -0.4 is 5.32 Å². The summed E-state index contributed by atoms with van der Waals surface area (Å²) in [5, 5.41) is 21.9. The normalized spacial score (nSPS) is 13.6. The van der Waals surface area contributed by atoms with Crippen molar-refractivity contribution in [3.8, 4) is 11.5 Å². The van der Waals surface area contributed by atoms with E-state index in [0.29, 0.717) is 17.9 Å². The van der Waals surface area contributed by atoms with E-state index in [-0.39, 0.29) is 11.5 Å². The van der Waals surface area contributed by atoms with Crippen LogP contribution in [-0.2, 0) is 6.54 Å². The highest BCUT2D eigenvalue weighted by Crippen LogP contribution is 2.26. The van der Waals surface area contributed by atoms with Gasteiger partial charge in [-0.15, -0.1) is 0 Å². The number of aromatic hydroxyl groups is 2. The minimum atomic E-state index is -0.0724. The van der Waals surface area contributed by atoms with E-state index >= 15 is 0 Å². The lowest BCUT2D eigenvalue weighted by Crippen LogP contribution is -2.29. The first-order valence-electron chi connectivity index (χ1n) is 6.02. The smallest absolute Gasteiger partial charge is 0.157 e. The summed E-state index contributed by atoms with van der Waals surface area (Å²) >= 11 is 0. The van der Waals surface area contributed by atoms with E-state index in [1.165, 1.54) is 6.07 Å². The average Bonchev–Trinajstić information content (AvgIpc) is 2.22. The Kier molecular flexibility index (Phi) is 4.40. The number of hydrogen-bond donors (Lipinski definition) is 3. The molecule has 1 atom stereocenters. The summed E-state index contributed by atoms with van der Waals surface area (Å²) in [6.07, 6.45) is 0. The lowest BCUT2D eigenvalue weighted by Gasteiger charge is -2.27. The second-order valence-corrected chi connectivity index (χ2v) is 5.72. The molecule has 0 aromatic heterocycles. The number of hydrogen-bond acceptors (Lipinski definition) is 3. The maximum absolute atomic E-state index is 9.36. The number of rotatable bonds is 4. The fourth-order valence-electron chi connectivity index (χ4n) is 1.42. The molecule has 0 fully saturated rings. The number of phenolic OH excluding ortho intramolecular Hbond substituents is 2. The number of phenols is 2. The molecule has 0 aliphatic carbocycles. The second kappa shape index (κ2) is 5.41. The van der Waals surface area contributed by atoms with Gasteiger partial charge in [-0.25, -0.2) is 0 Å². The molecular weight excluding hydrogens is 214 g/mol. The van der Waals surface area contributed by atoms with Crippen molar-refractivity contribution in [1.29, 1.82) is 0 Å². The molecule has 0 bridgehead atoms. The number of nitrogens with one attached hydrogen (secondary N) is 1. The highest BCUT2D eigenvalue weighted by molar-refractivity contribution is 5.40. The third-order valence-electron chi connectivity index (χ3n) is 3.30. The van der Waals surface area contributed by atoms with E-state index in [2.05, 4.69) is 33.0 Å². The minimum Gasteiger partial charge on any atom is -0.504 e. The average molecular weight is 237 g/mol. The fraction of sp³-hybridized carbons (Fsp3) is 0.571. The molecule has 0 spiro atoms. The molecule has 1 aromatic rings. The zero-order valence-corrected chi connectivity index (χ0v) is 11.1. The van der Waals surface area contributed by atoms with Crippen molar-refractivity contribution in [2.24, 2.45) is 11.3 Å². The van der Waals surface area contributed by atoms with E-state index in [1.54, 1.807) is 6.07 Å².